The summed E-state index contributed by atoms with van der Waals surface area (Å²) in [5.41, 5.74) is 0. The maximum atomic E-state index is 12.4. The average Bonchev–Trinajstić information content (AvgIpc) is 2.55. The van der Waals surface area contributed by atoms with E-state index in [0.717, 1.165) is 44.9 Å². The molecule has 1 aliphatic carbocycles. The van der Waals surface area contributed by atoms with Gasteiger partial charge in [-0.15, -0.1) is 0 Å². The number of allylic oxidation sites excluding steroid dienone is 1. The fourth-order valence-corrected chi connectivity index (χ4v) is 2.91. The number of carbonyl (C=O) groups excluding carboxylic acids is 2. The van der Waals surface area contributed by atoms with Gasteiger partial charge in [-0.2, -0.15) is 0 Å². The van der Waals surface area contributed by atoms with Crippen molar-refractivity contribution in [3.63, 3.8) is 0 Å². The van der Waals surface area contributed by atoms with Crippen molar-refractivity contribution in [1.82, 2.24) is 0 Å². The van der Waals surface area contributed by atoms with Gasteiger partial charge in [0.15, 0.2) is 0 Å². The van der Waals surface area contributed by atoms with Crippen LogP contribution in [0, 0.1) is 17.8 Å². The highest BCUT2D eigenvalue weighted by Gasteiger charge is 2.39. The van der Waals surface area contributed by atoms with E-state index >= 15 is 0 Å². The molecule has 0 N–H and O–H groups in total. The Bertz CT molecular complexity index is 389. The van der Waals surface area contributed by atoms with Gasteiger partial charge in [0.2, 0.25) is 0 Å². The lowest BCUT2D eigenvalue weighted by molar-refractivity contribution is -0.161. The van der Waals surface area contributed by atoms with E-state index < -0.39 is 11.8 Å². The standard InChI is InChI=1S/C19H32O4/c1-4-6-8-13-22-18(20)16-12-10-11-15(3)17(16)19(21)23-14-9-7-5-2/h10,12,15-17H,4-9,11,13-14H2,1-3H3. The number of unbranched alkanes of at least 4 members (excludes halogenated alkanes) is 4. The van der Waals surface area contributed by atoms with Crippen LogP contribution in [-0.2, 0) is 19.1 Å². The second-order valence-electron chi connectivity index (χ2n) is 6.44. The zero-order chi connectivity index (χ0) is 17.1. The number of esters is 2. The van der Waals surface area contributed by atoms with E-state index in [1.54, 1.807) is 0 Å². The van der Waals surface area contributed by atoms with E-state index in [2.05, 4.69) is 13.8 Å². The summed E-state index contributed by atoms with van der Waals surface area (Å²) < 4.78 is 10.8. The lowest BCUT2D eigenvalue weighted by Gasteiger charge is -2.29. The monoisotopic (exact) mass is 324 g/mol. The van der Waals surface area contributed by atoms with Crippen molar-refractivity contribution >= 4 is 11.9 Å². The second-order valence-corrected chi connectivity index (χ2v) is 6.44. The molecule has 0 aromatic rings. The van der Waals surface area contributed by atoms with E-state index in [4.69, 9.17) is 9.47 Å². The number of hydrogen-bond donors (Lipinski definition) is 0. The van der Waals surface area contributed by atoms with Gasteiger partial charge in [0.25, 0.3) is 0 Å². The first-order valence-electron chi connectivity index (χ1n) is 9.11. The molecule has 23 heavy (non-hydrogen) atoms. The zero-order valence-electron chi connectivity index (χ0n) is 14.9. The van der Waals surface area contributed by atoms with Crippen LogP contribution in [0.3, 0.4) is 0 Å². The van der Waals surface area contributed by atoms with Crippen LogP contribution in [0.5, 0.6) is 0 Å². The third kappa shape index (κ3) is 6.76. The molecule has 0 radical (unpaired) electrons. The van der Waals surface area contributed by atoms with Crippen molar-refractivity contribution in [1.29, 1.82) is 0 Å². The van der Waals surface area contributed by atoms with Crippen LogP contribution in [0.25, 0.3) is 0 Å². The van der Waals surface area contributed by atoms with Crippen molar-refractivity contribution in [3.8, 4) is 0 Å². The molecule has 0 fully saturated rings. The van der Waals surface area contributed by atoms with Crippen molar-refractivity contribution in [3.05, 3.63) is 12.2 Å². The van der Waals surface area contributed by atoms with E-state index in [1.165, 1.54) is 0 Å². The Balaban J connectivity index is 2.56. The van der Waals surface area contributed by atoms with Gasteiger partial charge < -0.3 is 9.47 Å². The van der Waals surface area contributed by atoms with Crippen LogP contribution in [0.2, 0.25) is 0 Å². The summed E-state index contributed by atoms with van der Waals surface area (Å²) in [4.78, 5) is 24.7. The lowest BCUT2D eigenvalue weighted by Crippen LogP contribution is -2.37. The highest BCUT2D eigenvalue weighted by Crippen LogP contribution is 2.32. The predicted molar refractivity (Wildman–Crippen MR) is 90.9 cm³/mol. The molecule has 1 rings (SSSR count). The molecule has 0 aliphatic heterocycles. The van der Waals surface area contributed by atoms with E-state index in [-0.39, 0.29) is 17.9 Å². The highest BCUT2D eigenvalue weighted by atomic mass is 16.5. The summed E-state index contributed by atoms with van der Waals surface area (Å²) in [6.45, 7) is 7.10. The van der Waals surface area contributed by atoms with Gasteiger partial charge in [-0.1, -0.05) is 58.6 Å². The van der Waals surface area contributed by atoms with Crippen LogP contribution < -0.4 is 0 Å². The molecule has 0 heterocycles. The van der Waals surface area contributed by atoms with Gasteiger partial charge in [0.1, 0.15) is 0 Å². The number of ether oxygens (including phenoxy) is 2. The highest BCUT2D eigenvalue weighted by molar-refractivity contribution is 5.84. The van der Waals surface area contributed by atoms with Gasteiger partial charge in [-0.3, -0.25) is 9.59 Å². The van der Waals surface area contributed by atoms with E-state index in [9.17, 15) is 9.59 Å². The summed E-state index contributed by atoms with van der Waals surface area (Å²) >= 11 is 0. The smallest absolute Gasteiger partial charge is 0.313 e. The summed E-state index contributed by atoms with van der Waals surface area (Å²) in [5, 5.41) is 0. The van der Waals surface area contributed by atoms with Crippen molar-refractivity contribution in [2.45, 2.75) is 65.7 Å². The van der Waals surface area contributed by atoms with Crippen LogP contribution in [-0.4, -0.2) is 25.2 Å². The number of carbonyl (C=O) groups is 2. The molecule has 3 unspecified atom stereocenters. The lowest BCUT2D eigenvalue weighted by atomic mass is 9.76. The molecule has 0 aromatic heterocycles. The minimum Gasteiger partial charge on any atom is -0.465 e. The Morgan fingerprint density at radius 3 is 2.09 bits per heavy atom. The summed E-state index contributed by atoms with van der Waals surface area (Å²) in [6, 6.07) is 0. The molecule has 132 valence electrons. The SMILES string of the molecule is CCCCCOC(=O)C1C=CCC(C)C1C(=O)OCCCCC. The molecule has 3 atom stereocenters. The Morgan fingerprint density at radius 2 is 1.52 bits per heavy atom. The van der Waals surface area contributed by atoms with Crippen molar-refractivity contribution in [2.75, 3.05) is 13.2 Å². The summed E-state index contributed by atoms with van der Waals surface area (Å²) in [7, 11) is 0. The van der Waals surface area contributed by atoms with E-state index in [1.807, 2.05) is 19.1 Å². The molecule has 0 aromatic carbocycles. The molecular weight excluding hydrogens is 292 g/mol. The number of rotatable bonds is 10. The average molecular weight is 324 g/mol. The van der Waals surface area contributed by atoms with Gasteiger partial charge in [-0.05, 0) is 25.2 Å². The fourth-order valence-electron chi connectivity index (χ4n) is 2.91. The molecule has 4 heteroatoms. The Labute approximate surface area is 140 Å². The molecule has 1 aliphatic rings. The molecular formula is C19H32O4. The third-order valence-electron chi connectivity index (χ3n) is 4.38. The molecule has 0 spiro atoms. The van der Waals surface area contributed by atoms with Crippen molar-refractivity contribution in [2.24, 2.45) is 17.8 Å². The molecule has 0 saturated carbocycles. The first-order valence-corrected chi connectivity index (χ1v) is 9.11. The van der Waals surface area contributed by atoms with Crippen LogP contribution in [0.1, 0.15) is 65.7 Å². The van der Waals surface area contributed by atoms with Gasteiger partial charge in [0, 0.05) is 0 Å². The predicted octanol–water partition coefficient (Wildman–Crippen LogP) is 4.28. The number of hydrogen-bond acceptors (Lipinski definition) is 4. The summed E-state index contributed by atoms with van der Waals surface area (Å²) in [5.74, 6) is -1.36. The molecule has 0 amide bonds. The van der Waals surface area contributed by atoms with Crippen LogP contribution in [0.15, 0.2) is 12.2 Å². The zero-order valence-corrected chi connectivity index (χ0v) is 14.9. The Morgan fingerprint density at radius 1 is 0.957 bits per heavy atom. The minimum absolute atomic E-state index is 0.104. The second kappa shape index (κ2) is 11.3. The third-order valence-corrected chi connectivity index (χ3v) is 4.38. The van der Waals surface area contributed by atoms with Gasteiger partial charge in [-0.25, -0.2) is 0 Å². The Kier molecular flexibility index (Phi) is 9.65. The summed E-state index contributed by atoms with van der Waals surface area (Å²) in [6.07, 6.45) is 10.6. The molecule has 4 nitrogen and oxygen atoms in total. The first-order chi connectivity index (χ1) is 11.1. The largest absolute Gasteiger partial charge is 0.465 e. The fraction of sp³-hybridized carbons (Fsp3) is 0.789. The maximum absolute atomic E-state index is 12.4. The van der Waals surface area contributed by atoms with Crippen molar-refractivity contribution < 1.29 is 19.1 Å². The molecule has 0 bridgehead atoms. The van der Waals surface area contributed by atoms with Crippen LogP contribution in [0.4, 0.5) is 0 Å². The Hall–Kier alpha value is -1.32. The topological polar surface area (TPSA) is 52.6 Å². The van der Waals surface area contributed by atoms with Gasteiger partial charge in [0.05, 0.1) is 25.0 Å². The normalized spacial score (nSPS) is 23.5. The first kappa shape index (κ1) is 19.7. The van der Waals surface area contributed by atoms with Gasteiger partial charge >= 0.3 is 11.9 Å². The van der Waals surface area contributed by atoms with E-state index in [0.29, 0.717) is 13.2 Å². The quantitative estimate of drug-likeness (QED) is 0.342. The molecule has 0 saturated heterocycles. The van der Waals surface area contributed by atoms with Crippen LogP contribution >= 0.6 is 0 Å². The maximum Gasteiger partial charge on any atom is 0.313 e. The minimum atomic E-state index is -0.501.